The maximum Gasteiger partial charge on any atom is 0.0497 e. The van der Waals surface area contributed by atoms with Crippen LogP contribution in [0.25, 0.3) is 86.9 Å². The van der Waals surface area contributed by atoms with Crippen LogP contribution in [-0.2, 0) is 0 Å². The molecule has 196 valence electrons. The number of fused-ring (bicyclic) bond motifs is 4. The van der Waals surface area contributed by atoms with Crippen LogP contribution in [0.5, 0.6) is 0 Å². The summed E-state index contributed by atoms with van der Waals surface area (Å²) in [6, 6.07) is 47.6. The average Bonchev–Trinajstić information content (AvgIpc) is 3.03. The normalized spacial score (nSPS) is 12.0. The second-order valence-corrected chi connectivity index (χ2v) is 12.0. The van der Waals surface area contributed by atoms with Crippen LogP contribution < -0.4 is 0 Å². The predicted molar refractivity (Wildman–Crippen MR) is 184 cm³/mol. The van der Waals surface area contributed by atoms with Gasteiger partial charge in [-0.2, -0.15) is 0 Å². The molecule has 0 spiro atoms. The summed E-state index contributed by atoms with van der Waals surface area (Å²) in [6.45, 7) is 0. The molecule has 0 saturated carbocycles. The third-order valence-electron chi connectivity index (χ3n) is 8.89. The molecular weight excluding hydrogens is 551 g/mol. The van der Waals surface area contributed by atoms with Crippen molar-refractivity contribution in [2.24, 2.45) is 0 Å². The highest BCUT2D eigenvalue weighted by Crippen LogP contribution is 2.49. The molecule has 9 aromatic rings. The van der Waals surface area contributed by atoms with Gasteiger partial charge >= 0.3 is 0 Å². The van der Waals surface area contributed by atoms with E-state index in [0.717, 1.165) is 64.6 Å². The lowest BCUT2D eigenvalue weighted by Gasteiger charge is -2.20. The van der Waals surface area contributed by atoms with Crippen LogP contribution in [0.1, 0.15) is 0 Å². The van der Waals surface area contributed by atoms with Gasteiger partial charge in [0.1, 0.15) is 0 Å². The summed E-state index contributed by atoms with van der Waals surface area (Å²) in [7, 11) is 0. The van der Waals surface area contributed by atoms with Gasteiger partial charge in [-0.05, 0) is 100 Å². The first-order valence-corrected chi connectivity index (χ1v) is 14.9. The first-order chi connectivity index (χ1) is 20.7. The second-order valence-electron chi connectivity index (χ2n) is 11.1. The van der Waals surface area contributed by atoms with E-state index in [-0.39, 0.29) is 0 Å². The van der Waals surface area contributed by atoms with Crippen LogP contribution in [0, 0.1) is 0 Å². The summed E-state index contributed by atoms with van der Waals surface area (Å²) < 4.78 is 0. The van der Waals surface area contributed by atoms with Crippen LogP contribution in [0.2, 0.25) is 10.0 Å². The standard InChI is InChI=1S/C40H22Cl2/c41-35-21-33(27-17-15-23-7-1-3-9-25(23)19-27)29-11-5-13-31-37(29)39(35)32-14-6-12-30-34(22-36(42)40(31)38(30)32)28-18-16-24-8-2-4-10-26(24)20-28/h1-22H. The van der Waals surface area contributed by atoms with E-state index < -0.39 is 0 Å². The highest BCUT2D eigenvalue weighted by Gasteiger charge is 2.21. The maximum absolute atomic E-state index is 7.26. The number of benzene rings is 9. The molecule has 0 amide bonds. The van der Waals surface area contributed by atoms with E-state index >= 15 is 0 Å². The van der Waals surface area contributed by atoms with Gasteiger partial charge in [0.25, 0.3) is 0 Å². The first-order valence-electron chi connectivity index (χ1n) is 14.2. The van der Waals surface area contributed by atoms with Crippen molar-refractivity contribution in [1.29, 1.82) is 0 Å². The van der Waals surface area contributed by atoms with Gasteiger partial charge in [0.05, 0.1) is 0 Å². The summed E-state index contributed by atoms with van der Waals surface area (Å²) in [5.41, 5.74) is 4.57. The average molecular weight is 574 g/mol. The van der Waals surface area contributed by atoms with Crippen molar-refractivity contribution in [3.05, 3.63) is 144 Å². The Morgan fingerprint density at radius 2 is 0.714 bits per heavy atom. The molecule has 0 bridgehead atoms. The van der Waals surface area contributed by atoms with Crippen LogP contribution in [0.4, 0.5) is 0 Å². The molecule has 0 aliphatic carbocycles. The molecule has 0 unspecified atom stereocenters. The van der Waals surface area contributed by atoms with Crippen LogP contribution in [0.15, 0.2) is 133 Å². The lowest BCUT2D eigenvalue weighted by atomic mass is 9.85. The smallest absolute Gasteiger partial charge is 0.0497 e. The number of rotatable bonds is 2. The van der Waals surface area contributed by atoms with Crippen LogP contribution >= 0.6 is 23.2 Å². The van der Waals surface area contributed by atoms with Gasteiger partial charge in [0.15, 0.2) is 0 Å². The topological polar surface area (TPSA) is 0 Å². The Labute approximate surface area is 252 Å². The molecule has 0 N–H and O–H groups in total. The minimum atomic E-state index is 0.753. The molecule has 0 atom stereocenters. The summed E-state index contributed by atoms with van der Waals surface area (Å²) in [4.78, 5) is 0. The quantitative estimate of drug-likeness (QED) is 0.143. The third kappa shape index (κ3) is 3.37. The lowest BCUT2D eigenvalue weighted by molar-refractivity contribution is 1.69. The summed E-state index contributed by atoms with van der Waals surface area (Å²) >= 11 is 14.5. The predicted octanol–water partition coefficient (Wildman–Crippen LogP) is 12.7. The highest BCUT2D eigenvalue weighted by molar-refractivity contribution is 6.48. The maximum atomic E-state index is 7.26. The largest absolute Gasteiger partial charge is 0.0836 e. The second kappa shape index (κ2) is 8.94. The molecule has 0 nitrogen and oxygen atoms in total. The Morgan fingerprint density at radius 1 is 0.310 bits per heavy atom. The molecule has 0 saturated heterocycles. The van der Waals surface area contributed by atoms with Crippen molar-refractivity contribution in [2.45, 2.75) is 0 Å². The van der Waals surface area contributed by atoms with Gasteiger partial charge in [-0.3, -0.25) is 0 Å². The SMILES string of the molecule is Clc1cc(-c2ccc3ccccc3c2)c2cccc3c4c(Cl)cc(-c5ccc6ccccc6c5)c5cccc(c1c23)c54. The fraction of sp³-hybridized carbons (Fsp3) is 0. The summed E-state index contributed by atoms with van der Waals surface area (Å²) in [6.07, 6.45) is 0. The van der Waals surface area contributed by atoms with Crippen molar-refractivity contribution in [3.8, 4) is 22.3 Å². The number of halogens is 2. The molecule has 0 radical (unpaired) electrons. The molecule has 0 aliphatic heterocycles. The van der Waals surface area contributed by atoms with Crippen LogP contribution in [0.3, 0.4) is 0 Å². The molecular formula is C40H22Cl2. The third-order valence-corrected chi connectivity index (χ3v) is 9.48. The Morgan fingerprint density at radius 3 is 1.17 bits per heavy atom. The van der Waals surface area contributed by atoms with Crippen molar-refractivity contribution in [2.75, 3.05) is 0 Å². The van der Waals surface area contributed by atoms with Gasteiger partial charge in [-0.15, -0.1) is 0 Å². The van der Waals surface area contributed by atoms with E-state index in [1.807, 2.05) is 0 Å². The Hall–Kier alpha value is -4.62. The van der Waals surface area contributed by atoms with Crippen molar-refractivity contribution in [3.63, 3.8) is 0 Å². The molecule has 0 aromatic heterocycles. The van der Waals surface area contributed by atoms with Crippen molar-refractivity contribution < 1.29 is 0 Å². The lowest BCUT2D eigenvalue weighted by Crippen LogP contribution is -1.92. The minimum Gasteiger partial charge on any atom is -0.0836 e. The molecule has 0 heterocycles. The van der Waals surface area contributed by atoms with Gasteiger partial charge in [0, 0.05) is 20.8 Å². The highest BCUT2D eigenvalue weighted by atomic mass is 35.5. The van der Waals surface area contributed by atoms with E-state index in [9.17, 15) is 0 Å². The molecule has 9 aromatic carbocycles. The van der Waals surface area contributed by atoms with E-state index in [4.69, 9.17) is 23.2 Å². The zero-order chi connectivity index (χ0) is 27.9. The van der Waals surface area contributed by atoms with Crippen LogP contribution in [-0.4, -0.2) is 0 Å². The van der Waals surface area contributed by atoms with E-state index in [1.165, 1.54) is 32.3 Å². The summed E-state index contributed by atoms with van der Waals surface area (Å²) in [5, 5.41) is 15.5. The van der Waals surface area contributed by atoms with E-state index in [0.29, 0.717) is 0 Å². The van der Waals surface area contributed by atoms with E-state index in [1.54, 1.807) is 0 Å². The van der Waals surface area contributed by atoms with E-state index in [2.05, 4.69) is 133 Å². The molecule has 0 fully saturated rings. The molecule has 42 heavy (non-hydrogen) atoms. The monoisotopic (exact) mass is 572 g/mol. The Bertz CT molecular complexity index is 2360. The zero-order valence-electron chi connectivity index (χ0n) is 22.5. The van der Waals surface area contributed by atoms with Gasteiger partial charge in [-0.25, -0.2) is 0 Å². The first kappa shape index (κ1) is 24.0. The molecule has 0 aliphatic rings. The molecule has 2 heteroatoms. The van der Waals surface area contributed by atoms with Gasteiger partial charge in [0.2, 0.25) is 0 Å². The minimum absolute atomic E-state index is 0.753. The van der Waals surface area contributed by atoms with Crippen molar-refractivity contribution in [1.82, 2.24) is 0 Å². The number of hydrogen-bond donors (Lipinski definition) is 0. The Balaban J connectivity index is 1.40. The van der Waals surface area contributed by atoms with Gasteiger partial charge in [-0.1, -0.05) is 132 Å². The number of hydrogen-bond acceptors (Lipinski definition) is 0. The Kier molecular flexibility index (Phi) is 5.11. The molecule has 9 rings (SSSR count). The summed E-state index contributed by atoms with van der Waals surface area (Å²) in [5.74, 6) is 0. The van der Waals surface area contributed by atoms with Gasteiger partial charge < -0.3 is 0 Å². The zero-order valence-corrected chi connectivity index (χ0v) is 24.0. The fourth-order valence-electron chi connectivity index (χ4n) is 7.02. The fourth-order valence-corrected chi connectivity index (χ4v) is 7.63. The van der Waals surface area contributed by atoms with Crippen molar-refractivity contribution >= 4 is 87.8 Å².